The number of rotatable bonds is 4. The minimum absolute atomic E-state index is 0.305. The molecule has 26 heavy (non-hydrogen) atoms. The Balaban J connectivity index is 1.78. The maximum absolute atomic E-state index is 12.6. The molecule has 4 nitrogen and oxygen atoms in total. The Hall–Kier alpha value is -3.09. The predicted octanol–water partition coefficient (Wildman–Crippen LogP) is 5.60. The summed E-state index contributed by atoms with van der Waals surface area (Å²) in [5.74, 6) is 0.898. The van der Waals surface area contributed by atoms with Crippen LogP contribution in [0, 0.1) is 13.8 Å². The molecule has 0 bridgehead atoms. The number of halogens is 3. The zero-order chi connectivity index (χ0) is 18.7. The molecule has 2 aromatic carbocycles. The molecule has 3 aromatic rings. The lowest BCUT2D eigenvalue weighted by Gasteiger charge is -2.11. The zero-order valence-corrected chi connectivity index (χ0v) is 14.2. The quantitative estimate of drug-likeness (QED) is 0.637. The Morgan fingerprint density at radius 1 is 0.769 bits per heavy atom. The van der Waals surface area contributed by atoms with Crippen LogP contribution in [0.3, 0.4) is 0 Å². The minimum atomic E-state index is -4.36. The van der Waals surface area contributed by atoms with Crippen molar-refractivity contribution in [1.29, 1.82) is 0 Å². The third kappa shape index (κ3) is 4.50. The summed E-state index contributed by atoms with van der Waals surface area (Å²) >= 11 is 0. The van der Waals surface area contributed by atoms with Crippen molar-refractivity contribution in [2.24, 2.45) is 0 Å². The molecule has 134 valence electrons. The van der Waals surface area contributed by atoms with Gasteiger partial charge in [0.15, 0.2) is 0 Å². The van der Waals surface area contributed by atoms with Gasteiger partial charge in [-0.2, -0.15) is 18.2 Å². The van der Waals surface area contributed by atoms with E-state index < -0.39 is 11.7 Å². The topological polar surface area (TPSA) is 49.8 Å². The highest BCUT2D eigenvalue weighted by Gasteiger charge is 2.29. The van der Waals surface area contributed by atoms with Crippen molar-refractivity contribution in [3.63, 3.8) is 0 Å². The van der Waals surface area contributed by atoms with Crippen molar-refractivity contribution < 1.29 is 13.2 Å². The highest BCUT2D eigenvalue weighted by molar-refractivity contribution is 5.60. The third-order valence-corrected chi connectivity index (χ3v) is 3.65. The van der Waals surface area contributed by atoms with Crippen LogP contribution in [0.1, 0.15) is 16.8 Å². The fraction of sp³-hybridized carbons (Fsp3) is 0.158. The van der Waals surface area contributed by atoms with Crippen LogP contribution in [0.15, 0.2) is 54.6 Å². The highest BCUT2D eigenvalue weighted by atomic mass is 19.4. The van der Waals surface area contributed by atoms with E-state index in [9.17, 15) is 13.2 Å². The Morgan fingerprint density at radius 3 is 1.96 bits per heavy atom. The largest absolute Gasteiger partial charge is 0.416 e. The number of anilines is 4. The van der Waals surface area contributed by atoms with Crippen LogP contribution in [-0.2, 0) is 6.18 Å². The van der Waals surface area contributed by atoms with E-state index in [0.717, 1.165) is 29.1 Å². The number of hydrogen-bond donors (Lipinski definition) is 2. The molecule has 0 aliphatic rings. The van der Waals surface area contributed by atoms with Crippen LogP contribution in [0.4, 0.5) is 36.3 Å². The Morgan fingerprint density at radius 2 is 1.35 bits per heavy atom. The van der Waals surface area contributed by atoms with Gasteiger partial charge in [0.1, 0.15) is 5.82 Å². The summed E-state index contributed by atoms with van der Waals surface area (Å²) in [6, 6.07) is 14.4. The van der Waals surface area contributed by atoms with E-state index in [4.69, 9.17) is 0 Å². The third-order valence-electron chi connectivity index (χ3n) is 3.65. The average Bonchev–Trinajstić information content (AvgIpc) is 2.56. The van der Waals surface area contributed by atoms with Gasteiger partial charge in [-0.25, -0.2) is 4.98 Å². The van der Waals surface area contributed by atoms with Crippen molar-refractivity contribution in [1.82, 2.24) is 9.97 Å². The summed E-state index contributed by atoms with van der Waals surface area (Å²) in [6.45, 7) is 3.82. The lowest BCUT2D eigenvalue weighted by atomic mass is 10.2. The average molecular weight is 358 g/mol. The van der Waals surface area contributed by atoms with Crippen molar-refractivity contribution in [3.05, 3.63) is 71.4 Å². The molecule has 2 N–H and O–H groups in total. The zero-order valence-electron chi connectivity index (χ0n) is 14.2. The summed E-state index contributed by atoms with van der Waals surface area (Å²) < 4.78 is 37.9. The van der Waals surface area contributed by atoms with Crippen molar-refractivity contribution in [3.8, 4) is 0 Å². The first kappa shape index (κ1) is 17.7. The van der Waals surface area contributed by atoms with Gasteiger partial charge >= 0.3 is 6.18 Å². The van der Waals surface area contributed by atoms with Crippen LogP contribution >= 0.6 is 0 Å². The van der Waals surface area contributed by atoms with E-state index >= 15 is 0 Å². The lowest BCUT2D eigenvalue weighted by Crippen LogP contribution is -2.05. The summed E-state index contributed by atoms with van der Waals surface area (Å²) in [6.07, 6.45) is -4.36. The summed E-state index contributed by atoms with van der Waals surface area (Å²) in [5.41, 5.74) is 2.54. The molecule has 0 aliphatic heterocycles. The molecule has 0 radical (unpaired) electrons. The highest BCUT2D eigenvalue weighted by Crippen LogP contribution is 2.30. The number of aromatic nitrogens is 2. The number of benzene rings is 2. The first-order chi connectivity index (χ1) is 12.3. The second kappa shape index (κ2) is 7.03. The molecule has 0 aliphatic carbocycles. The van der Waals surface area contributed by atoms with Crippen LogP contribution in [0.2, 0.25) is 0 Å². The van der Waals surface area contributed by atoms with Gasteiger partial charge in [0.05, 0.1) is 5.56 Å². The molecule has 0 saturated carbocycles. The van der Waals surface area contributed by atoms with E-state index in [1.54, 1.807) is 6.07 Å². The molecule has 7 heteroatoms. The SMILES string of the molecule is Cc1ccc(Nc2cc(C)nc(Nc3ccc(C(F)(F)F)cc3)n2)cc1. The molecule has 0 fully saturated rings. The smallest absolute Gasteiger partial charge is 0.340 e. The van der Waals surface area contributed by atoms with E-state index in [2.05, 4.69) is 20.6 Å². The second-order valence-electron chi connectivity index (χ2n) is 5.91. The predicted molar refractivity (Wildman–Crippen MR) is 96.0 cm³/mol. The van der Waals surface area contributed by atoms with Crippen LogP contribution in [0.5, 0.6) is 0 Å². The maximum atomic E-state index is 12.6. The number of nitrogens with one attached hydrogen (secondary N) is 2. The van der Waals surface area contributed by atoms with E-state index in [1.165, 1.54) is 12.1 Å². The van der Waals surface area contributed by atoms with E-state index in [1.807, 2.05) is 38.1 Å². The van der Waals surface area contributed by atoms with Gasteiger partial charge in [0.2, 0.25) is 5.95 Å². The van der Waals surface area contributed by atoms with Gasteiger partial charge in [0.25, 0.3) is 0 Å². The Labute approximate surface area is 149 Å². The summed E-state index contributed by atoms with van der Waals surface area (Å²) in [5, 5.41) is 6.12. The lowest BCUT2D eigenvalue weighted by molar-refractivity contribution is -0.137. The fourth-order valence-electron chi connectivity index (χ4n) is 2.34. The van der Waals surface area contributed by atoms with Crippen LogP contribution in [-0.4, -0.2) is 9.97 Å². The fourth-order valence-corrected chi connectivity index (χ4v) is 2.34. The summed E-state index contributed by atoms with van der Waals surface area (Å²) in [7, 11) is 0. The van der Waals surface area contributed by atoms with Crippen LogP contribution in [0.25, 0.3) is 0 Å². The first-order valence-electron chi connectivity index (χ1n) is 7.93. The number of nitrogens with zero attached hydrogens (tertiary/aromatic N) is 2. The molecule has 1 aromatic heterocycles. The molecule has 0 spiro atoms. The van der Waals surface area contributed by atoms with E-state index in [-0.39, 0.29) is 0 Å². The molecule has 3 rings (SSSR count). The van der Waals surface area contributed by atoms with Gasteiger partial charge in [0, 0.05) is 23.1 Å². The second-order valence-corrected chi connectivity index (χ2v) is 5.91. The number of hydrogen-bond acceptors (Lipinski definition) is 4. The minimum Gasteiger partial charge on any atom is -0.340 e. The van der Waals surface area contributed by atoms with Crippen molar-refractivity contribution in [2.45, 2.75) is 20.0 Å². The Bertz CT molecular complexity index is 888. The standard InChI is InChI=1S/C19H17F3N4/c1-12-3-7-15(8-4-12)24-17-11-13(2)23-18(26-17)25-16-9-5-14(6-10-16)19(20,21)22/h3-11H,1-2H3,(H2,23,24,25,26). The molecule has 0 saturated heterocycles. The van der Waals surface area contributed by atoms with Gasteiger partial charge < -0.3 is 10.6 Å². The first-order valence-corrected chi connectivity index (χ1v) is 7.93. The molecule has 0 unspecified atom stereocenters. The van der Waals surface area contributed by atoms with E-state index in [0.29, 0.717) is 17.5 Å². The van der Waals surface area contributed by atoms with Crippen molar-refractivity contribution in [2.75, 3.05) is 10.6 Å². The van der Waals surface area contributed by atoms with Gasteiger partial charge in [-0.3, -0.25) is 0 Å². The molecular formula is C19H17F3N4. The molecule has 0 atom stereocenters. The van der Waals surface area contributed by atoms with Crippen molar-refractivity contribution >= 4 is 23.1 Å². The molecule has 0 amide bonds. The maximum Gasteiger partial charge on any atom is 0.416 e. The van der Waals surface area contributed by atoms with Gasteiger partial charge in [-0.1, -0.05) is 17.7 Å². The number of aryl methyl sites for hydroxylation is 2. The van der Waals surface area contributed by atoms with Gasteiger partial charge in [-0.05, 0) is 50.2 Å². The van der Waals surface area contributed by atoms with Crippen LogP contribution < -0.4 is 10.6 Å². The monoisotopic (exact) mass is 358 g/mol. The summed E-state index contributed by atoms with van der Waals surface area (Å²) in [4.78, 5) is 8.63. The number of alkyl halides is 3. The van der Waals surface area contributed by atoms with Gasteiger partial charge in [-0.15, -0.1) is 0 Å². The normalized spacial score (nSPS) is 11.3. The molecular weight excluding hydrogens is 341 g/mol. The Kier molecular flexibility index (Phi) is 4.79. The molecule has 1 heterocycles.